The molecular weight excluding hydrogens is 326 g/mol. The smallest absolute Gasteiger partial charge is 0.0858 e. The molecule has 0 atom stereocenters. The largest absolute Gasteiger partial charge is 0.384 e. The van der Waals surface area contributed by atoms with Gasteiger partial charge in [0.05, 0.1) is 11.4 Å². The molecule has 1 aliphatic heterocycles. The van der Waals surface area contributed by atoms with E-state index < -0.39 is 0 Å². The molecule has 0 aliphatic carbocycles. The molecule has 1 heterocycles. The lowest BCUT2D eigenvalue weighted by Crippen LogP contribution is -2.12. The summed E-state index contributed by atoms with van der Waals surface area (Å²) in [6.07, 6.45) is 6.02. The van der Waals surface area contributed by atoms with Gasteiger partial charge in [-0.1, -0.05) is 21.6 Å². The van der Waals surface area contributed by atoms with E-state index in [9.17, 15) is 0 Å². The van der Waals surface area contributed by atoms with Crippen LogP contribution < -0.4 is 11.1 Å². The molecule has 0 spiro atoms. The van der Waals surface area contributed by atoms with Crippen LogP contribution in [0.15, 0.2) is 58.5 Å². The van der Waals surface area contributed by atoms with Crippen LogP contribution in [0.1, 0.15) is 0 Å². The van der Waals surface area contributed by atoms with Crippen LogP contribution >= 0.6 is 21.6 Å². The van der Waals surface area contributed by atoms with E-state index in [4.69, 9.17) is 5.73 Å². The Hall–Kier alpha value is -1.44. The summed E-state index contributed by atoms with van der Waals surface area (Å²) in [6.45, 7) is 2.55. The maximum absolute atomic E-state index is 5.45. The van der Waals surface area contributed by atoms with E-state index in [-0.39, 0.29) is 0 Å². The number of azo groups is 1. The molecule has 0 saturated heterocycles. The molecule has 2 rings (SSSR count). The fraction of sp³-hybridized carbons (Fsp3) is 0.375. The van der Waals surface area contributed by atoms with Crippen molar-refractivity contribution in [2.24, 2.45) is 16.0 Å². The van der Waals surface area contributed by atoms with E-state index in [0.29, 0.717) is 0 Å². The number of nitrogens with zero attached hydrogens (tertiary/aromatic N) is 3. The molecule has 1 aliphatic rings. The van der Waals surface area contributed by atoms with Crippen molar-refractivity contribution in [3.05, 3.63) is 48.3 Å². The fourth-order valence-corrected chi connectivity index (χ4v) is 3.57. The van der Waals surface area contributed by atoms with Crippen LogP contribution in [0.2, 0.25) is 0 Å². The highest BCUT2D eigenvalue weighted by molar-refractivity contribution is 8.76. The van der Waals surface area contributed by atoms with Crippen molar-refractivity contribution in [3.63, 3.8) is 0 Å². The summed E-state index contributed by atoms with van der Waals surface area (Å²) in [5.41, 5.74) is 8.31. The van der Waals surface area contributed by atoms with Gasteiger partial charge in [0.25, 0.3) is 0 Å². The third kappa shape index (κ3) is 7.11. The van der Waals surface area contributed by atoms with Gasteiger partial charge in [0.15, 0.2) is 0 Å². The average molecular weight is 350 g/mol. The van der Waals surface area contributed by atoms with Gasteiger partial charge >= 0.3 is 0 Å². The summed E-state index contributed by atoms with van der Waals surface area (Å²) in [7, 11) is 5.70. The number of nitrogens with one attached hydrogen (secondary N) is 1. The second-order valence-corrected chi connectivity index (χ2v) is 7.69. The van der Waals surface area contributed by atoms with Gasteiger partial charge in [-0.25, -0.2) is 0 Å². The second kappa shape index (κ2) is 10.4. The Morgan fingerprint density at radius 1 is 1.17 bits per heavy atom. The van der Waals surface area contributed by atoms with Crippen molar-refractivity contribution < 1.29 is 0 Å². The van der Waals surface area contributed by atoms with Gasteiger partial charge < -0.3 is 16.0 Å². The van der Waals surface area contributed by atoms with Crippen LogP contribution in [-0.2, 0) is 0 Å². The van der Waals surface area contributed by atoms with Gasteiger partial charge in [0.1, 0.15) is 0 Å². The molecule has 0 saturated carbocycles. The first-order valence-electron chi connectivity index (χ1n) is 7.56. The molecule has 3 N–H and O–H groups in total. The average Bonchev–Trinajstić information content (AvgIpc) is 2.58. The molecule has 5 nitrogen and oxygen atoms in total. The molecule has 0 bridgehead atoms. The van der Waals surface area contributed by atoms with Crippen molar-refractivity contribution in [1.82, 2.24) is 4.90 Å². The van der Waals surface area contributed by atoms with Gasteiger partial charge in [-0.3, -0.25) is 0 Å². The minimum atomic E-state index is 0.741. The lowest BCUT2D eigenvalue weighted by molar-refractivity contribution is 0.501. The van der Waals surface area contributed by atoms with Gasteiger partial charge in [-0.15, -0.1) is 0 Å². The van der Waals surface area contributed by atoms with Gasteiger partial charge in [0, 0.05) is 50.1 Å². The molecule has 0 fully saturated rings. The lowest BCUT2D eigenvalue weighted by Gasteiger charge is -2.14. The van der Waals surface area contributed by atoms with Crippen molar-refractivity contribution in [2.75, 3.05) is 43.5 Å². The van der Waals surface area contributed by atoms with Crippen molar-refractivity contribution in [1.29, 1.82) is 0 Å². The lowest BCUT2D eigenvalue weighted by atomic mass is 10.3. The summed E-state index contributed by atoms with van der Waals surface area (Å²) in [4.78, 5) is 2.09. The van der Waals surface area contributed by atoms with Crippen LogP contribution in [0.5, 0.6) is 0 Å². The molecule has 7 heteroatoms. The van der Waals surface area contributed by atoms with Gasteiger partial charge in [-0.05, 0) is 36.4 Å². The van der Waals surface area contributed by atoms with Crippen LogP contribution in [-0.4, -0.2) is 43.1 Å². The number of benzene rings is 1. The summed E-state index contributed by atoms with van der Waals surface area (Å²) in [6, 6.07) is 8.01. The molecule has 0 radical (unpaired) electrons. The zero-order valence-corrected chi connectivity index (χ0v) is 14.9. The predicted molar refractivity (Wildman–Crippen MR) is 103 cm³/mol. The Morgan fingerprint density at radius 2 is 1.96 bits per heavy atom. The monoisotopic (exact) mass is 349 g/mol. The van der Waals surface area contributed by atoms with Crippen LogP contribution in [0.3, 0.4) is 0 Å². The molecule has 0 amide bonds. The van der Waals surface area contributed by atoms with Crippen molar-refractivity contribution in [3.8, 4) is 0 Å². The summed E-state index contributed by atoms with van der Waals surface area (Å²) in [5, 5.41) is 11.9. The quantitative estimate of drug-likeness (QED) is 0.402. The Bertz CT molecular complexity index is 554. The highest BCUT2D eigenvalue weighted by atomic mass is 33.1. The minimum absolute atomic E-state index is 0.741. The van der Waals surface area contributed by atoms with E-state index in [1.54, 1.807) is 0 Å². The summed E-state index contributed by atoms with van der Waals surface area (Å²) < 4.78 is 0. The van der Waals surface area contributed by atoms with Gasteiger partial charge in [0.2, 0.25) is 0 Å². The zero-order valence-electron chi connectivity index (χ0n) is 13.3. The second-order valence-electron chi connectivity index (χ2n) is 4.99. The SMILES string of the molecule is CN1C=CC(N=Nc2ccc(NCCSSCCN)cc2)=CC1. The van der Waals surface area contributed by atoms with E-state index in [2.05, 4.69) is 26.5 Å². The van der Waals surface area contributed by atoms with Crippen molar-refractivity contribution in [2.45, 2.75) is 0 Å². The first-order valence-corrected chi connectivity index (χ1v) is 10.1. The molecule has 0 aromatic heterocycles. The van der Waals surface area contributed by atoms with Crippen LogP contribution in [0.25, 0.3) is 0 Å². The number of anilines is 1. The van der Waals surface area contributed by atoms with Crippen LogP contribution in [0, 0.1) is 0 Å². The first kappa shape index (κ1) is 17.9. The summed E-state index contributed by atoms with van der Waals surface area (Å²) in [5.74, 6) is 2.06. The maximum atomic E-state index is 5.45. The number of hydrogen-bond donors (Lipinski definition) is 2. The Balaban J connectivity index is 1.73. The van der Waals surface area contributed by atoms with E-state index in [1.165, 1.54) is 0 Å². The number of rotatable bonds is 9. The zero-order chi connectivity index (χ0) is 16.3. The third-order valence-corrected chi connectivity index (χ3v) is 5.48. The Morgan fingerprint density at radius 3 is 2.65 bits per heavy atom. The Labute approximate surface area is 145 Å². The molecule has 23 heavy (non-hydrogen) atoms. The van der Waals surface area contributed by atoms with Gasteiger partial charge in [-0.2, -0.15) is 10.2 Å². The van der Waals surface area contributed by atoms with E-state index >= 15 is 0 Å². The highest BCUT2D eigenvalue weighted by Crippen LogP contribution is 2.21. The highest BCUT2D eigenvalue weighted by Gasteiger charge is 1.99. The normalized spacial score (nSPS) is 14.3. The Kier molecular flexibility index (Phi) is 8.06. The first-order chi connectivity index (χ1) is 11.3. The standard InChI is InChI=1S/C16H23N5S2/c1-21-10-6-16(7-11-21)20-19-15-4-2-14(3-5-15)18-9-13-23-22-12-8-17/h2-7,10,18H,8-9,11-13,17H2,1H3. The minimum Gasteiger partial charge on any atom is -0.384 e. The van der Waals surface area contributed by atoms with E-state index in [1.807, 2.05) is 65.2 Å². The third-order valence-electron chi connectivity index (χ3n) is 3.04. The molecule has 124 valence electrons. The summed E-state index contributed by atoms with van der Waals surface area (Å²) >= 11 is 0. The molecular formula is C16H23N5S2. The molecule has 1 aromatic rings. The number of allylic oxidation sites excluding steroid dienone is 1. The molecule has 0 unspecified atom stereocenters. The maximum Gasteiger partial charge on any atom is 0.0858 e. The molecule has 1 aromatic carbocycles. The van der Waals surface area contributed by atoms with Crippen LogP contribution in [0.4, 0.5) is 11.4 Å². The topological polar surface area (TPSA) is 66.0 Å². The predicted octanol–water partition coefficient (Wildman–Crippen LogP) is 3.87. The number of hydrogen-bond acceptors (Lipinski definition) is 7. The van der Waals surface area contributed by atoms with E-state index in [0.717, 1.165) is 48.2 Å². The van der Waals surface area contributed by atoms with Crippen molar-refractivity contribution >= 4 is 33.0 Å². The number of nitrogens with two attached hydrogens (primary N) is 1. The number of likely N-dealkylation sites (N-methyl/N-ethyl adjacent to an activating group) is 1. The fourth-order valence-electron chi connectivity index (χ4n) is 1.81.